The number of nitrogens with one attached hydrogen (secondary N) is 2. The average molecular weight is 437 g/mol. The van der Waals surface area contributed by atoms with Gasteiger partial charge in [-0.25, -0.2) is 17.9 Å². The minimum Gasteiger partial charge on any atom is -0.452 e. The van der Waals surface area contributed by atoms with Gasteiger partial charge in [-0.15, -0.1) is 11.3 Å². The monoisotopic (exact) mass is 437 g/mol. The molecule has 1 aromatic heterocycles. The maximum atomic E-state index is 12.2. The molecule has 0 fully saturated rings. The zero-order chi connectivity index (χ0) is 21.2. The van der Waals surface area contributed by atoms with Crippen LogP contribution in [0.3, 0.4) is 0 Å². The molecule has 1 aliphatic carbocycles. The van der Waals surface area contributed by atoms with Gasteiger partial charge in [-0.2, -0.15) is 0 Å². The van der Waals surface area contributed by atoms with Gasteiger partial charge in [0.2, 0.25) is 10.0 Å². The van der Waals surface area contributed by atoms with Gasteiger partial charge in [0.05, 0.1) is 16.0 Å². The Morgan fingerprint density at radius 2 is 2.00 bits per heavy atom. The first-order chi connectivity index (χ1) is 13.7. The van der Waals surface area contributed by atoms with E-state index in [4.69, 9.17) is 10.5 Å². The van der Waals surface area contributed by atoms with Crippen molar-refractivity contribution < 1.29 is 27.5 Å². The molecule has 2 amide bonds. The molecule has 0 atom stereocenters. The van der Waals surface area contributed by atoms with E-state index in [1.165, 1.54) is 36.6 Å². The van der Waals surface area contributed by atoms with Crippen molar-refractivity contribution in [2.45, 2.75) is 24.2 Å². The van der Waals surface area contributed by atoms with Crippen molar-refractivity contribution >= 4 is 44.1 Å². The molecule has 0 aliphatic heterocycles. The van der Waals surface area contributed by atoms with Crippen molar-refractivity contribution in [2.75, 3.05) is 19.0 Å². The Morgan fingerprint density at radius 3 is 2.69 bits per heavy atom. The van der Waals surface area contributed by atoms with E-state index in [9.17, 15) is 22.8 Å². The van der Waals surface area contributed by atoms with Crippen molar-refractivity contribution in [1.29, 1.82) is 0 Å². The van der Waals surface area contributed by atoms with Gasteiger partial charge in [-0.3, -0.25) is 9.59 Å². The van der Waals surface area contributed by atoms with Crippen LogP contribution in [0.1, 0.15) is 37.6 Å². The maximum Gasteiger partial charge on any atom is 0.338 e. The number of anilines is 1. The molecule has 2 aromatic rings. The number of carbonyl (C=O) groups is 3. The summed E-state index contributed by atoms with van der Waals surface area (Å²) in [6.07, 6.45) is 2.51. The number of amides is 2. The van der Waals surface area contributed by atoms with Crippen LogP contribution in [0, 0.1) is 0 Å². The smallest absolute Gasteiger partial charge is 0.338 e. The summed E-state index contributed by atoms with van der Waals surface area (Å²) < 4.78 is 30.8. The topological polar surface area (TPSA) is 145 Å². The Labute approximate surface area is 171 Å². The van der Waals surface area contributed by atoms with Crippen LogP contribution < -0.4 is 15.8 Å². The molecule has 1 aromatic carbocycles. The second kappa shape index (κ2) is 8.31. The van der Waals surface area contributed by atoms with Gasteiger partial charge in [-0.1, -0.05) is 6.07 Å². The second-order valence-electron chi connectivity index (χ2n) is 6.29. The fraction of sp³-hybridized carbons (Fsp3) is 0.278. The molecule has 0 bridgehead atoms. The second-order valence-corrected chi connectivity index (χ2v) is 9.28. The normalized spacial score (nSPS) is 13.0. The highest BCUT2D eigenvalue weighted by molar-refractivity contribution is 7.89. The summed E-state index contributed by atoms with van der Waals surface area (Å²) in [5.41, 5.74) is 6.62. The summed E-state index contributed by atoms with van der Waals surface area (Å²) in [6, 6.07) is 5.26. The quantitative estimate of drug-likeness (QED) is 0.552. The zero-order valence-corrected chi connectivity index (χ0v) is 17.1. The fourth-order valence-electron chi connectivity index (χ4n) is 3.04. The number of thiophene rings is 1. The van der Waals surface area contributed by atoms with E-state index in [0.29, 0.717) is 10.6 Å². The number of esters is 1. The first-order valence-corrected chi connectivity index (χ1v) is 11.0. The van der Waals surface area contributed by atoms with Gasteiger partial charge >= 0.3 is 5.97 Å². The molecule has 11 heteroatoms. The lowest BCUT2D eigenvalue weighted by molar-refractivity contribution is -0.119. The van der Waals surface area contributed by atoms with Crippen LogP contribution in [0.25, 0.3) is 0 Å². The van der Waals surface area contributed by atoms with Crippen LogP contribution in [0.5, 0.6) is 0 Å². The van der Waals surface area contributed by atoms with Crippen LogP contribution in [0.4, 0.5) is 5.00 Å². The lowest BCUT2D eigenvalue weighted by Gasteiger charge is -2.08. The molecule has 29 heavy (non-hydrogen) atoms. The number of nitrogens with two attached hydrogens (primary N) is 1. The predicted molar refractivity (Wildman–Crippen MR) is 106 cm³/mol. The Balaban J connectivity index is 1.66. The summed E-state index contributed by atoms with van der Waals surface area (Å²) in [5.74, 6) is -2.09. The number of benzene rings is 1. The van der Waals surface area contributed by atoms with E-state index in [1.807, 2.05) is 0 Å². The minimum absolute atomic E-state index is 0.0120. The van der Waals surface area contributed by atoms with Gasteiger partial charge in [-0.05, 0) is 50.1 Å². The number of carbonyl (C=O) groups excluding carboxylic acids is 3. The van der Waals surface area contributed by atoms with Crippen molar-refractivity contribution in [1.82, 2.24) is 4.72 Å². The largest absolute Gasteiger partial charge is 0.452 e. The molecule has 3 rings (SSSR count). The van der Waals surface area contributed by atoms with Gasteiger partial charge in [0.25, 0.3) is 11.8 Å². The van der Waals surface area contributed by atoms with Gasteiger partial charge in [0.1, 0.15) is 5.00 Å². The van der Waals surface area contributed by atoms with Crippen LogP contribution >= 0.6 is 11.3 Å². The van der Waals surface area contributed by atoms with Crippen LogP contribution in [-0.2, 0) is 32.4 Å². The first-order valence-electron chi connectivity index (χ1n) is 8.68. The molecule has 4 N–H and O–H groups in total. The van der Waals surface area contributed by atoms with Crippen molar-refractivity contribution in [2.24, 2.45) is 5.73 Å². The van der Waals surface area contributed by atoms with Crippen LogP contribution in [0.2, 0.25) is 0 Å². The number of sulfonamides is 1. The van der Waals surface area contributed by atoms with Crippen molar-refractivity contribution in [3.05, 3.63) is 45.8 Å². The zero-order valence-electron chi connectivity index (χ0n) is 15.5. The third-order valence-electron chi connectivity index (χ3n) is 4.40. The highest BCUT2D eigenvalue weighted by Gasteiger charge is 2.26. The Bertz CT molecular complexity index is 1090. The summed E-state index contributed by atoms with van der Waals surface area (Å²) >= 11 is 1.30. The van der Waals surface area contributed by atoms with E-state index < -0.39 is 34.4 Å². The lowest BCUT2D eigenvalue weighted by atomic mass is 10.1. The lowest BCUT2D eigenvalue weighted by Crippen LogP contribution is -2.23. The third-order valence-corrected chi connectivity index (χ3v) is 7.02. The predicted octanol–water partition coefficient (Wildman–Crippen LogP) is 1.04. The van der Waals surface area contributed by atoms with E-state index in [-0.39, 0.29) is 10.5 Å². The highest BCUT2D eigenvalue weighted by atomic mass is 32.2. The van der Waals surface area contributed by atoms with Gasteiger partial charge in [0.15, 0.2) is 6.61 Å². The van der Waals surface area contributed by atoms with E-state index in [0.717, 1.165) is 35.8 Å². The Kier molecular flexibility index (Phi) is 6.01. The SMILES string of the molecule is CNS(=O)(=O)c1cccc(C(=O)OCC(=O)Nc2sc3c(c2C(N)=O)CCC3)c1. The maximum absolute atomic E-state index is 12.2. The van der Waals surface area contributed by atoms with E-state index in [1.54, 1.807) is 0 Å². The highest BCUT2D eigenvalue weighted by Crippen LogP contribution is 2.38. The van der Waals surface area contributed by atoms with Crippen LogP contribution in [0.15, 0.2) is 29.2 Å². The minimum atomic E-state index is -3.72. The molecule has 1 aliphatic rings. The fourth-order valence-corrected chi connectivity index (χ4v) is 5.12. The number of primary amides is 1. The molecule has 0 saturated carbocycles. The van der Waals surface area contributed by atoms with E-state index >= 15 is 0 Å². The third kappa shape index (κ3) is 4.47. The Morgan fingerprint density at radius 1 is 1.24 bits per heavy atom. The first kappa shape index (κ1) is 21.0. The summed E-state index contributed by atoms with van der Waals surface area (Å²) in [5, 5.41) is 2.92. The number of aryl methyl sites for hydroxylation is 1. The molecule has 0 unspecified atom stereocenters. The molecule has 9 nitrogen and oxygen atoms in total. The van der Waals surface area contributed by atoms with E-state index in [2.05, 4.69) is 10.0 Å². The summed E-state index contributed by atoms with van der Waals surface area (Å²) in [6.45, 7) is -0.595. The Hall–Kier alpha value is -2.76. The molecular weight excluding hydrogens is 418 g/mol. The standard InChI is InChI=1S/C18H19N3O6S2/c1-20-29(25,26)11-5-2-4-10(8-11)18(24)27-9-14(22)21-17-15(16(19)23)12-6-3-7-13(12)28-17/h2,4-5,8,20H,3,6-7,9H2,1H3,(H2,19,23)(H,21,22). The number of hydrogen-bond acceptors (Lipinski definition) is 7. The number of fused-ring (bicyclic) bond motifs is 1. The average Bonchev–Trinajstić information content (AvgIpc) is 3.26. The van der Waals surface area contributed by atoms with Crippen LogP contribution in [-0.4, -0.2) is 39.9 Å². The van der Waals surface area contributed by atoms with Crippen molar-refractivity contribution in [3.8, 4) is 0 Å². The summed E-state index contributed by atoms with van der Waals surface area (Å²) in [7, 11) is -2.46. The molecule has 0 spiro atoms. The van der Waals surface area contributed by atoms with Crippen molar-refractivity contribution in [3.63, 3.8) is 0 Å². The van der Waals surface area contributed by atoms with Gasteiger partial charge < -0.3 is 15.8 Å². The number of rotatable bonds is 7. The number of ether oxygens (including phenoxy) is 1. The molecule has 0 radical (unpaired) electrons. The molecule has 0 saturated heterocycles. The number of hydrogen-bond donors (Lipinski definition) is 3. The summed E-state index contributed by atoms with van der Waals surface area (Å²) in [4.78, 5) is 37.0. The van der Waals surface area contributed by atoms with Gasteiger partial charge in [0, 0.05) is 4.88 Å². The molecular formula is C18H19N3O6S2. The molecule has 154 valence electrons. The molecule has 1 heterocycles.